The predicted molar refractivity (Wildman–Crippen MR) is 69.0 cm³/mol. The molecule has 0 radical (unpaired) electrons. The SMILES string of the molecule is NC1CCn2c(cnc2-c2ccccc2C(F)(F)F)C1. The van der Waals surface area contributed by atoms with Crippen LogP contribution in [-0.2, 0) is 19.1 Å². The van der Waals surface area contributed by atoms with Gasteiger partial charge >= 0.3 is 6.18 Å². The van der Waals surface area contributed by atoms with Crippen molar-refractivity contribution in [1.29, 1.82) is 0 Å². The Bertz CT molecular complexity index is 631. The highest BCUT2D eigenvalue weighted by Crippen LogP contribution is 2.37. The van der Waals surface area contributed by atoms with Crippen LogP contribution in [0.25, 0.3) is 11.4 Å². The Kier molecular flexibility index (Phi) is 3.05. The van der Waals surface area contributed by atoms with E-state index in [1.165, 1.54) is 12.1 Å². The van der Waals surface area contributed by atoms with Crippen LogP contribution in [0, 0.1) is 0 Å². The smallest absolute Gasteiger partial charge is 0.328 e. The Balaban J connectivity index is 2.12. The maximum Gasteiger partial charge on any atom is 0.417 e. The lowest BCUT2D eigenvalue weighted by Gasteiger charge is -2.22. The summed E-state index contributed by atoms with van der Waals surface area (Å²) in [6, 6.07) is 5.60. The van der Waals surface area contributed by atoms with Gasteiger partial charge in [0.05, 0.1) is 5.56 Å². The van der Waals surface area contributed by atoms with Gasteiger partial charge in [-0.3, -0.25) is 0 Å². The molecule has 3 rings (SSSR count). The van der Waals surface area contributed by atoms with E-state index in [4.69, 9.17) is 5.73 Å². The Hall–Kier alpha value is -1.82. The van der Waals surface area contributed by atoms with Crippen molar-refractivity contribution in [2.45, 2.75) is 31.6 Å². The average molecular weight is 281 g/mol. The molecule has 2 aromatic rings. The number of fused-ring (bicyclic) bond motifs is 1. The molecule has 0 saturated heterocycles. The monoisotopic (exact) mass is 281 g/mol. The standard InChI is InChI=1S/C14H14F3N3/c15-14(16,17)12-4-2-1-3-11(12)13-19-8-10-7-9(18)5-6-20(10)13/h1-4,8-9H,5-7,18H2. The number of halogens is 3. The van der Waals surface area contributed by atoms with Gasteiger partial charge in [-0.1, -0.05) is 18.2 Å². The number of imidazole rings is 1. The normalized spacial score (nSPS) is 18.9. The molecular formula is C14H14F3N3. The summed E-state index contributed by atoms with van der Waals surface area (Å²) >= 11 is 0. The minimum Gasteiger partial charge on any atom is -0.328 e. The van der Waals surface area contributed by atoms with Crippen molar-refractivity contribution in [2.75, 3.05) is 0 Å². The Morgan fingerprint density at radius 1 is 1.25 bits per heavy atom. The molecule has 1 atom stereocenters. The second-order valence-electron chi connectivity index (χ2n) is 5.02. The number of hydrogen-bond donors (Lipinski definition) is 1. The topological polar surface area (TPSA) is 43.8 Å². The highest BCUT2D eigenvalue weighted by Gasteiger charge is 2.34. The second-order valence-corrected chi connectivity index (χ2v) is 5.02. The van der Waals surface area contributed by atoms with Gasteiger partial charge in [-0.2, -0.15) is 13.2 Å². The molecule has 2 N–H and O–H groups in total. The fourth-order valence-corrected chi connectivity index (χ4v) is 2.63. The van der Waals surface area contributed by atoms with E-state index in [9.17, 15) is 13.2 Å². The first kappa shape index (κ1) is 13.2. The fourth-order valence-electron chi connectivity index (χ4n) is 2.63. The van der Waals surface area contributed by atoms with E-state index in [0.717, 1.165) is 18.2 Å². The molecule has 6 heteroatoms. The minimum absolute atomic E-state index is 0.0601. The summed E-state index contributed by atoms with van der Waals surface area (Å²) in [5, 5.41) is 0. The molecule has 106 valence electrons. The molecule has 0 bridgehead atoms. The van der Waals surface area contributed by atoms with Gasteiger partial charge in [-0.05, 0) is 12.5 Å². The molecule has 1 aliphatic rings. The van der Waals surface area contributed by atoms with E-state index >= 15 is 0 Å². The number of benzene rings is 1. The highest BCUT2D eigenvalue weighted by molar-refractivity contribution is 5.62. The van der Waals surface area contributed by atoms with Crippen molar-refractivity contribution in [1.82, 2.24) is 9.55 Å². The van der Waals surface area contributed by atoms with E-state index in [1.807, 2.05) is 4.57 Å². The Labute approximate surface area is 114 Å². The maximum atomic E-state index is 13.1. The lowest BCUT2D eigenvalue weighted by atomic mass is 10.0. The van der Waals surface area contributed by atoms with E-state index in [-0.39, 0.29) is 11.6 Å². The third kappa shape index (κ3) is 2.20. The quantitative estimate of drug-likeness (QED) is 0.873. The molecule has 1 aromatic heterocycles. The van der Waals surface area contributed by atoms with Crippen LogP contribution in [-0.4, -0.2) is 15.6 Å². The second kappa shape index (κ2) is 4.63. The molecule has 0 fully saturated rings. The number of nitrogens with two attached hydrogens (primary N) is 1. The first-order valence-electron chi connectivity index (χ1n) is 6.43. The van der Waals surface area contributed by atoms with Gasteiger partial charge in [0.15, 0.2) is 0 Å². The van der Waals surface area contributed by atoms with Crippen LogP contribution in [0.5, 0.6) is 0 Å². The maximum absolute atomic E-state index is 13.1. The number of alkyl halides is 3. The zero-order chi connectivity index (χ0) is 14.3. The van der Waals surface area contributed by atoms with E-state index in [1.54, 1.807) is 12.3 Å². The number of rotatable bonds is 1. The van der Waals surface area contributed by atoms with Gasteiger partial charge < -0.3 is 10.3 Å². The molecule has 0 aliphatic carbocycles. The van der Waals surface area contributed by atoms with Crippen LogP contribution >= 0.6 is 0 Å². The van der Waals surface area contributed by atoms with Gasteiger partial charge in [0.1, 0.15) is 5.82 Å². The van der Waals surface area contributed by atoms with Crippen LogP contribution in [0.2, 0.25) is 0 Å². The van der Waals surface area contributed by atoms with E-state index < -0.39 is 11.7 Å². The summed E-state index contributed by atoms with van der Waals surface area (Å²) < 4.78 is 41.1. The van der Waals surface area contributed by atoms with Crippen molar-refractivity contribution in [3.05, 3.63) is 41.7 Å². The zero-order valence-corrected chi connectivity index (χ0v) is 10.7. The summed E-state index contributed by atoms with van der Waals surface area (Å²) in [5.74, 6) is 0.375. The van der Waals surface area contributed by atoms with Crippen molar-refractivity contribution in [2.24, 2.45) is 5.73 Å². The third-order valence-electron chi connectivity index (χ3n) is 3.61. The summed E-state index contributed by atoms with van der Waals surface area (Å²) in [6.45, 7) is 0.609. The molecule has 3 nitrogen and oxygen atoms in total. The predicted octanol–water partition coefficient (Wildman–Crippen LogP) is 2.84. The van der Waals surface area contributed by atoms with E-state index in [2.05, 4.69) is 4.98 Å². The largest absolute Gasteiger partial charge is 0.417 e. The summed E-state index contributed by atoms with van der Waals surface area (Å²) in [6.07, 6.45) is -1.35. The van der Waals surface area contributed by atoms with Crippen molar-refractivity contribution in [3.8, 4) is 11.4 Å². The first-order chi connectivity index (χ1) is 9.47. The van der Waals surface area contributed by atoms with Crippen LogP contribution in [0.1, 0.15) is 17.7 Å². The van der Waals surface area contributed by atoms with Gasteiger partial charge in [-0.15, -0.1) is 0 Å². The van der Waals surface area contributed by atoms with Crippen molar-refractivity contribution >= 4 is 0 Å². The molecule has 2 heterocycles. The van der Waals surface area contributed by atoms with E-state index in [0.29, 0.717) is 18.8 Å². The van der Waals surface area contributed by atoms with Crippen molar-refractivity contribution in [3.63, 3.8) is 0 Å². The first-order valence-corrected chi connectivity index (χ1v) is 6.43. The fraction of sp³-hybridized carbons (Fsp3) is 0.357. The third-order valence-corrected chi connectivity index (χ3v) is 3.61. The molecule has 0 saturated carbocycles. The molecule has 1 aromatic carbocycles. The Morgan fingerprint density at radius 2 is 2.00 bits per heavy atom. The molecule has 1 unspecified atom stereocenters. The van der Waals surface area contributed by atoms with Crippen LogP contribution in [0.15, 0.2) is 30.5 Å². The van der Waals surface area contributed by atoms with Crippen molar-refractivity contribution < 1.29 is 13.2 Å². The zero-order valence-electron chi connectivity index (χ0n) is 10.7. The van der Waals surface area contributed by atoms with Gasteiger partial charge in [-0.25, -0.2) is 4.98 Å². The summed E-state index contributed by atoms with van der Waals surface area (Å²) in [5.41, 5.74) is 6.25. The lowest BCUT2D eigenvalue weighted by molar-refractivity contribution is -0.137. The summed E-state index contributed by atoms with van der Waals surface area (Å²) in [7, 11) is 0. The average Bonchev–Trinajstić information content (AvgIpc) is 2.80. The molecule has 20 heavy (non-hydrogen) atoms. The minimum atomic E-state index is -4.38. The number of nitrogens with zero attached hydrogens (tertiary/aromatic N) is 2. The molecule has 0 spiro atoms. The van der Waals surface area contributed by atoms with Crippen LogP contribution < -0.4 is 5.73 Å². The van der Waals surface area contributed by atoms with Gasteiger partial charge in [0.2, 0.25) is 0 Å². The van der Waals surface area contributed by atoms with Crippen LogP contribution in [0.3, 0.4) is 0 Å². The van der Waals surface area contributed by atoms with Crippen LogP contribution in [0.4, 0.5) is 13.2 Å². The van der Waals surface area contributed by atoms with Gasteiger partial charge in [0.25, 0.3) is 0 Å². The lowest BCUT2D eigenvalue weighted by Crippen LogP contribution is -2.30. The number of aromatic nitrogens is 2. The Morgan fingerprint density at radius 3 is 2.75 bits per heavy atom. The molecular weight excluding hydrogens is 267 g/mol. The summed E-state index contributed by atoms with van der Waals surface area (Å²) in [4.78, 5) is 4.18. The number of hydrogen-bond acceptors (Lipinski definition) is 2. The molecule has 1 aliphatic heterocycles. The highest BCUT2D eigenvalue weighted by atomic mass is 19.4. The molecule has 0 amide bonds. The van der Waals surface area contributed by atoms with Gasteiger partial charge in [0, 0.05) is 36.5 Å².